The second-order valence-corrected chi connectivity index (χ2v) is 1.33. The van der Waals surface area contributed by atoms with E-state index in [4.69, 9.17) is 5.84 Å². The number of nitrogens with two attached hydrogens (primary N) is 1. The third-order valence-electron chi connectivity index (χ3n) is 0.795. The zero-order chi connectivity index (χ0) is 5.82. The summed E-state index contributed by atoms with van der Waals surface area (Å²) in [5.74, 6) is 5.03. The molecule has 4 heteroatoms. The number of allylic oxidation sites excluding steroid dienone is 2. The normalized spacial score (nSPS) is 16.4. The van der Waals surface area contributed by atoms with Crippen LogP contribution in [0.15, 0.2) is 24.6 Å². The molecule has 4 nitrogen and oxygen atoms in total. The lowest BCUT2D eigenvalue weighted by Gasteiger charge is -2.18. The van der Waals surface area contributed by atoms with Crippen LogP contribution >= 0.6 is 0 Å². The van der Waals surface area contributed by atoms with Crippen LogP contribution in [0.5, 0.6) is 0 Å². The number of hydrogen-bond donors (Lipinski definition) is 3. The summed E-state index contributed by atoms with van der Waals surface area (Å²) in [6.45, 7) is 0. The van der Waals surface area contributed by atoms with Gasteiger partial charge in [-0.15, -0.1) is 0 Å². The standard InChI is InChI=1S/C4H8N4/c5-7-8-4-2-1-3-6-8/h1-4,6-7H,5H2. The molecule has 0 fully saturated rings. The quantitative estimate of drug-likeness (QED) is 0.307. The first-order valence-corrected chi connectivity index (χ1v) is 2.28. The van der Waals surface area contributed by atoms with Crippen LogP contribution in [-0.2, 0) is 0 Å². The minimum absolute atomic E-state index is 1.53. The van der Waals surface area contributed by atoms with Crippen LogP contribution in [0.2, 0.25) is 0 Å². The maximum Gasteiger partial charge on any atom is 0.0409 e. The predicted octanol–water partition coefficient (Wildman–Crippen LogP) is -0.788. The van der Waals surface area contributed by atoms with Gasteiger partial charge in [0.25, 0.3) is 0 Å². The number of rotatable bonds is 1. The fourth-order valence-corrected chi connectivity index (χ4v) is 0.438. The summed E-state index contributed by atoms with van der Waals surface area (Å²) in [5.41, 5.74) is 5.19. The molecule has 1 aliphatic rings. The lowest BCUT2D eigenvalue weighted by Crippen LogP contribution is -2.46. The first-order chi connectivity index (χ1) is 3.93. The fraction of sp³-hybridized carbons (Fsp3) is 0. The van der Waals surface area contributed by atoms with Crippen LogP contribution in [0.3, 0.4) is 0 Å². The molecule has 0 aromatic rings. The van der Waals surface area contributed by atoms with Crippen LogP contribution in [0.4, 0.5) is 0 Å². The van der Waals surface area contributed by atoms with Crippen molar-refractivity contribution in [1.29, 1.82) is 0 Å². The Bertz CT molecular complexity index is 117. The monoisotopic (exact) mass is 112 g/mol. The zero-order valence-corrected chi connectivity index (χ0v) is 4.33. The van der Waals surface area contributed by atoms with E-state index in [0.717, 1.165) is 0 Å². The average molecular weight is 112 g/mol. The topological polar surface area (TPSA) is 53.3 Å². The number of nitrogens with zero attached hydrogens (tertiary/aromatic N) is 1. The van der Waals surface area contributed by atoms with Gasteiger partial charge >= 0.3 is 0 Å². The predicted molar refractivity (Wildman–Crippen MR) is 30.6 cm³/mol. The van der Waals surface area contributed by atoms with Crippen LogP contribution in [0.1, 0.15) is 0 Å². The maximum absolute atomic E-state index is 5.03. The summed E-state index contributed by atoms with van der Waals surface area (Å²) in [4.78, 5) is 0. The van der Waals surface area contributed by atoms with Gasteiger partial charge in [0.2, 0.25) is 0 Å². The van der Waals surface area contributed by atoms with Gasteiger partial charge in [-0.05, 0) is 12.2 Å². The molecule has 0 spiro atoms. The average Bonchev–Trinajstić information content (AvgIpc) is 1.90. The molecule has 4 N–H and O–H groups in total. The van der Waals surface area contributed by atoms with Gasteiger partial charge in [0, 0.05) is 12.4 Å². The molecule has 0 atom stereocenters. The van der Waals surface area contributed by atoms with Crippen molar-refractivity contribution in [2.75, 3.05) is 0 Å². The van der Waals surface area contributed by atoms with Gasteiger partial charge in [-0.25, -0.2) is 5.12 Å². The molecule has 44 valence electrons. The molecule has 0 aromatic heterocycles. The Labute approximate surface area is 47.6 Å². The van der Waals surface area contributed by atoms with Crippen LogP contribution in [0, 0.1) is 0 Å². The Hall–Kier alpha value is -1.00. The Kier molecular flexibility index (Phi) is 1.51. The highest BCUT2D eigenvalue weighted by molar-refractivity contribution is 5.03. The largest absolute Gasteiger partial charge is 0.291 e. The van der Waals surface area contributed by atoms with E-state index in [0.29, 0.717) is 0 Å². The summed E-state index contributed by atoms with van der Waals surface area (Å²) in [6, 6.07) is 0. The number of hydrogen-bond acceptors (Lipinski definition) is 4. The third-order valence-corrected chi connectivity index (χ3v) is 0.795. The third kappa shape index (κ3) is 0.988. The van der Waals surface area contributed by atoms with Gasteiger partial charge in [0.15, 0.2) is 0 Å². The molecule has 0 amide bonds. The van der Waals surface area contributed by atoms with E-state index in [1.54, 1.807) is 12.4 Å². The summed E-state index contributed by atoms with van der Waals surface area (Å²) < 4.78 is 0. The van der Waals surface area contributed by atoms with Crippen LogP contribution in [0.25, 0.3) is 0 Å². The minimum Gasteiger partial charge on any atom is -0.291 e. The van der Waals surface area contributed by atoms with E-state index in [9.17, 15) is 0 Å². The Morgan fingerprint density at radius 3 is 2.75 bits per heavy atom. The van der Waals surface area contributed by atoms with Gasteiger partial charge in [-0.3, -0.25) is 11.3 Å². The van der Waals surface area contributed by atoms with Gasteiger partial charge in [0.05, 0.1) is 0 Å². The van der Waals surface area contributed by atoms with Crippen molar-refractivity contribution in [3.63, 3.8) is 0 Å². The van der Waals surface area contributed by atoms with E-state index in [1.165, 1.54) is 5.12 Å². The molecule has 0 radical (unpaired) electrons. The fourth-order valence-electron chi connectivity index (χ4n) is 0.438. The van der Waals surface area contributed by atoms with E-state index in [-0.39, 0.29) is 0 Å². The second-order valence-electron chi connectivity index (χ2n) is 1.33. The molecule has 1 aliphatic heterocycles. The molecule has 1 rings (SSSR count). The minimum atomic E-state index is 1.53. The van der Waals surface area contributed by atoms with Crippen molar-refractivity contribution in [3.05, 3.63) is 24.6 Å². The lowest BCUT2D eigenvalue weighted by atomic mass is 10.5. The molecule has 8 heavy (non-hydrogen) atoms. The van der Waals surface area contributed by atoms with Gasteiger partial charge in [-0.2, -0.15) is 5.53 Å². The van der Waals surface area contributed by atoms with Gasteiger partial charge in [-0.1, -0.05) is 0 Å². The SMILES string of the molecule is NNN1C=CC=CN1. The first kappa shape index (κ1) is 5.14. The highest BCUT2D eigenvalue weighted by atomic mass is 15.8. The van der Waals surface area contributed by atoms with Crippen molar-refractivity contribution in [2.45, 2.75) is 0 Å². The molecule has 1 heterocycles. The molecular weight excluding hydrogens is 104 g/mol. The first-order valence-electron chi connectivity index (χ1n) is 2.28. The van der Waals surface area contributed by atoms with E-state index in [2.05, 4.69) is 11.0 Å². The van der Waals surface area contributed by atoms with E-state index in [1.807, 2.05) is 12.2 Å². The molecule has 0 saturated carbocycles. The smallest absolute Gasteiger partial charge is 0.0409 e. The maximum atomic E-state index is 5.03. The second kappa shape index (κ2) is 2.34. The van der Waals surface area contributed by atoms with Gasteiger partial charge in [0.1, 0.15) is 0 Å². The Morgan fingerprint density at radius 2 is 2.38 bits per heavy atom. The summed E-state index contributed by atoms with van der Waals surface area (Å²) in [7, 11) is 0. The lowest BCUT2D eigenvalue weighted by molar-refractivity contribution is 0.219. The highest BCUT2D eigenvalue weighted by Gasteiger charge is 1.89. The molecule has 0 aliphatic carbocycles. The molecule has 0 unspecified atom stereocenters. The zero-order valence-electron chi connectivity index (χ0n) is 4.33. The van der Waals surface area contributed by atoms with Crippen LogP contribution in [-0.4, -0.2) is 5.12 Å². The molecule has 0 saturated heterocycles. The van der Waals surface area contributed by atoms with Crippen molar-refractivity contribution < 1.29 is 0 Å². The summed E-state index contributed by atoms with van der Waals surface area (Å²) in [6.07, 6.45) is 7.25. The Morgan fingerprint density at radius 1 is 1.50 bits per heavy atom. The van der Waals surface area contributed by atoms with Gasteiger partial charge < -0.3 is 0 Å². The molecule has 0 bridgehead atoms. The van der Waals surface area contributed by atoms with E-state index >= 15 is 0 Å². The Balaban J connectivity index is 2.40. The molecular formula is C4H8N4. The number of hydrazine groups is 3. The van der Waals surface area contributed by atoms with Crippen LogP contribution < -0.4 is 16.8 Å². The number of nitrogens with one attached hydrogen (secondary N) is 2. The van der Waals surface area contributed by atoms with E-state index < -0.39 is 0 Å². The van der Waals surface area contributed by atoms with Crippen molar-refractivity contribution in [1.82, 2.24) is 16.1 Å². The highest BCUT2D eigenvalue weighted by Crippen LogP contribution is 1.84. The van der Waals surface area contributed by atoms with Crippen molar-refractivity contribution >= 4 is 0 Å². The van der Waals surface area contributed by atoms with Crippen molar-refractivity contribution in [2.24, 2.45) is 5.84 Å². The summed E-state index contributed by atoms with van der Waals surface area (Å²) in [5, 5.41) is 1.53. The molecule has 0 aromatic carbocycles. The van der Waals surface area contributed by atoms with Crippen molar-refractivity contribution in [3.8, 4) is 0 Å². The summed E-state index contributed by atoms with van der Waals surface area (Å²) >= 11 is 0.